The van der Waals surface area contributed by atoms with Gasteiger partial charge in [-0.1, -0.05) is 5.16 Å². The maximum Gasteiger partial charge on any atom is 0.573 e. The molecule has 3 aromatic rings. The number of nitrogens with two attached hydrogens (primary N) is 1. The average Bonchev–Trinajstić information content (AvgIpc) is 3.18. The van der Waals surface area contributed by atoms with Gasteiger partial charge in [0, 0.05) is 13.3 Å². The first-order valence-corrected chi connectivity index (χ1v) is 10.1. The molecule has 2 N–H and O–H groups in total. The molecule has 166 valence electrons. The Bertz CT molecular complexity index is 1190. The molecule has 0 saturated carbocycles. The number of alkyl halides is 3. The second-order valence-electron chi connectivity index (χ2n) is 6.77. The second kappa shape index (κ2) is 7.81. The maximum absolute atomic E-state index is 12.8. The number of hydrogen-bond acceptors (Lipinski definition) is 9. The predicted octanol–water partition coefficient (Wildman–Crippen LogP) is 3.33. The third-order valence-corrected chi connectivity index (χ3v) is 5.98. The summed E-state index contributed by atoms with van der Waals surface area (Å²) in [5, 5.41) is 3.81. The van der Waals surface area contributed by atoms with Crippen molar-refractivity contribution in [3.05, 3.63) is 42.4 Å². The Morgan fingerprint density at radius 2 is 1.74 bits per heavy atom. The van der Waals surface area contributed by atoms with Crippen molar-refractivity contribution in [1.29, 1.82) is 0 Å². The highest BCUT2D eigenvalue weighted by molar-refractivity contribution is 7.91. The smallest absolute Gasteiger partial charge is 0.406 e. The highest BCUT2D eigenvalue weighted by Gasteiger charge is 2.31. The van der Waals surface area contributed by atoms with Gasteiger partial charge in [0.15, 0.2) is 5.69 Å². The van der Waals surface area contributed by atoms with Crippen molar-refractivity contribution >= 4 is 15.5 Å². The molecule has 0 saturated heterocycles. The van der Waals surface area contributed by atoms with Crippen molar-refractivity contribution in [2.75, 3.05) is 12.8 Å². The molecular formula is C18H17F3N4O5S. The van der Waals surface area contributed by atoms with Crippen LogP contribution in [0, 0.1) is 0 Å². The van der Waals surface area contributed by atoms with Gasteiger partial charge in [-0.25, -0.2) is 13.4 Å². The zero-order valence-electron chi connectivity index (χ0n) is 16.5. The van der Waals surface area contributed by atoms with E-state index in [-0.39, 0.29) is 32.9 Å². The van der Waals surface area contributed by atoms with Crippen LogP contribution in [0.5, 0.6) is 5.75 Å². The zero-order valence-corrected chi connectivity index (χ0v) is 17.3. The second-order valence-corrected chi connectivity index (χ2v) is 8.72. The first-order chi connectivity index (χ1) is 14.3. The molecule has 0 spiro atoms. The van der Waals surface area contributed by atoms with Gasteiger partial charge >= 0.3 is 6.36 Å². The third-order valence-electron chi connectivity index (χ3n) is 4.25. The lowest BCUT2D eigenvalue weighted by Gasteiger charge is -2.17. The molecule has 13 heteroatoms. The molecule has 0 amide bonds. The van der Waals surface area contributed by atoms with E-state index in [4.69, 9.17) is 15.0 Å². The maximum atomic E-state index is 12.8. The number of halogens is 3. The molecule has 0 aliphatic heterocycles. The van der Waals surface area contributed by atoms with Crippen LogP contribution >= 0.6 is 0 Å². The number of methoxy groups -OCH3 is 1. The summed E-state index contributed by atoms with van der Waals surface area (Å²) >= 11 is 0. The zero-order chi connectivity index (χ0) is 23.0. The minimum absolute atomic E-state index is 0.0322. The molecule has 1 aromatic carbocycles. The van der Waals surface area contributed by atoms with Gasteiger partial charge in [-0.05, 0) is 44.2 Å². The van der Waals surface area contributed by atoms with E-state index in [1.54, 1.807) is 13.8 Å². The lowest BCUT2D eigenvalue weighted by atomic mass is 10.1. The minimum Gasteiger partial charge on any atom is -0.406 e. The summed E-state index contributed by atoms with van der Waals surface area (Å²) in [4.78, 5) is 7.65. The standard InChI is InChI=1S/C18H17F3N4O5S/c1-17(2,28-3)16-24-15(30-25-16)14-13(22)8-12(9-23-14)31(26,27)11-6-4-10(5-7-11)29-18(19,20)21/h4-9H,22H2,1-3H3. The SMILES string of the molecule is COC(C)(C)c1noc(-c2ncc(S(=O)(=O)c3ccc(OC(F)(F)F)cc3)cc2N)n1. The molecule has 0 unspecified atom stereocenters. The van der Waals surface area contributed by atoms with Gasteiger partial charge in [0.05, 0.1) is 15.5 Å². The first-order valence-electron chi connectivity index (χ1n) is 8.59. The lowest BCUT2D eigenvalue weighted by molar-refractivity contribution is -0.274. The van der Waals surface area contributed by atoms with Crippen LogP contribution in [0.2, 0.25) is 0 Å². The number of hydrogen-bond donors (Lipinski definition) is 1. The summed E-state index contributed by atoms with van der Waals surface area (Å²) in [6.45, 7) is 3.44. The topological polar surface area (TPSA) is 130 Å². The van der Waals surface area contributed by atoms with E-state index < -0.39 is 27.6 Å². The summed E-state index contributed by atoms with van der Waals surface area (Å²) in [5.41, 5.74) is 5.13. The Balaban J connectivity index is 1.90. The van der Waals surface area contributed by atoms with Gasteiger partial charge < -0.3 is 19.7 Å². The fourth-order valence-corrected chi connectivity index (χ4v) is 3.64. The van der Waals surface area contributed by atoms with Crippen molar-refractivity contribution in [3.8, 4) is 17.3 Å². The van der Waals surface area contributed by atoms with Crippen molar-refractivity contribution in [2.24, 2.45) is 0 Å². The average molecular weight is 458 g/mol. The molecule has 0 radical (unpaired) electrons. The van der Waals surface area contributed by atoms with Gasteiger partial charge in [0.2, 0.25) is 15.7 Å². The van der Waals surface area contributed by atoms with Crippen LogP contribution in [-0.2, 0) is 20.2 Å². The fourth-order valence-electron chi connectivity index (χ4n) is 2.40. The number of nitrogens with zero attached hydrogens (tertiary/aromatic N) is 3. The molecule has 0 aliphatic carbocycles. The molecule has 0 bridgehead atoms. The van der Waals surface area contributed by atoms with Gasteiger partial charge in [-0.3, -0.25) is 0 Å². The Kier molecular flexibility index (Phi) is 5.67. The van der Waals surface area contributed by atoms with E-state index in [1.807, 2.05) is 0 Å². The van der Waals surface area contributed by atoms with E-state index in [2.05, 4.69) is 19.9 Å². The quantitative estimate of drug-likeness (QED) is 0.591. The molecule has 0 aliphatic rings. The lowest BCUT2D eigenvalue weighted by Crippen LogP contribution is -2.21. The fraction of sp³-hybridized carbons (Fsp3) is 0.278. The number of rotatable bonds is 6. The van der Waals surface area contributed by atoms with Gasteiger partial charge in [0.1, 0.15) is 11.4 Å². The number of aromatic nitrogens is 3. The summed E-state index contributed by atoms with van der Waals surface area (Å²) < 4.78 is 76.5. The molecule has 0 atom stereocenters. The van der Waals surface area contributed by atoms with E-state index in [0.29, 0.717) is 0 Å². The molecule has 9 nitrogen and oxygen atoms in total. The molecule has 2 heterocycles. The first kappa shape index (κ1) is 22.5. The highest BCUT2D eigenvalue weighted by atomic mass is 32.2. The number of anilines is 1. The molecule has 31 heavy (non-hydrogen) atoms. The van der Waals surface area contributed by atoms with Gasteiger partial charge in [0.25, 0.3) is 5.89 Å². The van der Waals surface area contributed by atoms with E-state index in [9.17, 15) is 21.6 Å². The van der Waals surface area contributed by atoms with Gasteiger partial charge in [-0.2, -0.15) is 4.98 Å². The number of nitrogen functional groups attached to an aromatic ring is 1. The molecule has 3 rings (SSSR count). The summed E-state index contributed by atoms with van der Waals surface area (Å²) in [5.74, 6) is -0.343. The van der Waals surface area contributed by atoms with E-state index in [0.717, 1.165) is 36.5 Å². The minimum atomic E-state index is -4.89. The number of pyridine rings is 1. The molecular weight excluding hydrogens is 441 g/mol. The van der Waals surface area contributed by atoms with E-state index >= 15 is 0 Å². The van der Waals surface area contributed by atoms with Crippen molar-refractivity contribution < 1.29 is 35.6 Å². The summed E-state index contributed by atoms with van der Waals surface area (Å²) in [7, 11) is -2.63. The van der Waals surface area contributed by atoms with Crippen LogP contribution in [0.25, 0.3) is 11.6 Å². The Morgan fingerprint density at radius 1 is 1.10 bits per heavy atom. The third kappa shape index (κ3) is 4.77. The van der Waals surface area contributed by atoms with Crippen LogP contribution in [0.4, 0.5) is 18.9 Å². The number of ether oxygens (including phenoxy) is 2. The highest BCUT2D eigenvalue weighted by Crippen LogP contribution is 2.30. The van der Waals surface area contributed by atoms with Crippen molar-refractivity contribution in [2.45, 2.75) is 35.6 Å². The van der Waals surface area contributed by atoms with Crippen LogP contribution in [0.15, 0.2) is 50.8 Å². The Hall–Kier alpha value is -3.19. The molecule has 0 fully saturated rings. The normalized spacial score (nSPS) is 12.7. The Labute approximate surface area is 174 Å². The number of benzene rings is 1. The predicted molar refractivity (Wildman–Crippen MR) is 101 cm³/mol. The Morgan fingerprint density at radius 3 is 2.29 bits per heavy atom. The van der Waals surface area contributed by atoms with Crippen LogP contribution < -0.4 is 10.5 Å². The van der Waals surface area contributed by atoms with Crippen molar-refractivity contribution in [1.82, 2.24) is 15.1 Å². The monoisotopic (exact) mass is 458 g/mol. The van der Waals surface area contributed by atoms with Crippen molar-refractivity contribution in [3.63, 3.8) is 0 Å². The van der Waals surface area contributed by atoms with Crippen LogP contribution in [-0.4, -0.2) is 37.0 Å². The van der Waals surface area contributed by atoms with E-state index in [1.165, 1.54) is 7.11 Å². The summed E-state index contributed by atoms with van der Waals surface area (Å²) in [6.07, 6.45) is -3.85. The largest absolute Gasteiger partial charge is 0.573 e. The van der Waals surface area contributed by atoms with Crippen LogP contribution in [0.3, 0.4) is 0 Å². The number of sulfone groups is 1. The van der Waals surface area contributed by atoms with Gasteiger partial charge in [-0.15, -0.1) is 13.2 Å². The molecule has 2 aromatic heterocycles. The van der Waals surface area contributed by atoms with Crippen LogP contribution in [0.1, 0.15) is 19.7 Å². The summed E-state index contributed by atoms with van der Waals surface area (Å²) in [6, 6.07) is 4.89.